The highest BCUT2D eigenvalue weighted by atomic mass is 35.5. The molecule has 1 heterocycles. The summed E-state index contributed by atoms with van der Waals surface area (Å²) in [5.74, 6) is -0.643. The first kappa shape index (κ1) is 21.2. The van der Waals surface area contributed by atoms with Gasteiger partial charge in [-0.2, -0.15) is 5.10 Å². The summed E-state index contributed by atoms with van der Waals surface area (Å²) < 4.78 is 0. The molecule has 0 fully saturated rings. The fraction of sp³-hybridized carbons (Fsp3) is 0.130. The average Bonchev–Trinajstić information content (AvgIpc) is 2.72. The number of benzene rings is 3. The van der Waals surface area contributed by atoms with Gasteiger partial charge in [-0.3, -0.25) is 4.79 Å². The van der Waals surface area contributed by atoms with Gasteiger partial charge in [0, 0.05) is 16.5 Å². The lowest BCUT2D eigenvalue weighted by Crippen LogP contribution is -2.37. The summed E-state index contributed by atoms with van der Waals surface area (Å²) in [5.41, 5.74) is 3.24. The average molecular weight is 478 g/mol. The van der Waals surface area contributed by atoms with Crippen molar-refractivity contribution in [3.8, 4) is 0 Å². The van der Waals surface area contributed by atoms with Gasteiger partial charge in [0.2, 0.25) is 0 Å². The van der Waals surface area contributed by atoms with Gasteiger partial charge in [-0.1, -0.05) is 82.8 Å². The third-order valence-corrected chi connectivity index (χ3v) is 6.27. The molecule has 1 aliphatic rings. The quantitative estimate of drug-likeness (QED) is 0.390. The maximum atomic E-state index is 13.4. The van der Waals surface area contributed by atoms with Gasteiger partial charge in [-0.25, -0.2) is 5.01 Å². The Bertz CT molecular complexity index is 1130. The zero-order valence-corrected chi connectivity index (χ0v) is 18.7. The van der Waals surface area contributed by atoms with E-state index < -0.39 is 5.92 Å². The predicted molar refractivity (Wildman–Crippen MR) is 124 cm³/mol. The normalized spacial score (nSPS) is 16.5. The van der Waals surface area contributed by atoms with Gasteiger partial charge in [0.05, 0.1) is 28.2 Å². The molecular formula is C23H16Cl4N2O. The highest BCUT2D eigenvalue weighted by Crippen LogP contribution is 2.37. The molecule has 30 heavy (non-hydrogen) atoms. The fourth-order valence-electron chi connectivity index (χ4n) is 3.47. The van der Waals surface area contributed by atoms with E-state index in [4.69, 9.17) is 46.4 Å². The Morgan fingerprint density at radius 1 is 0.900 bits per heavy atom. The van der Waals surface area contributed by atoms with E-state index >= 15 is 0 Å². The van der Waals surface area contributed by atoms with Crippen LogP contribution in [0.2, 0.25) is 20.1 Å². The van der Waals surface area contributed by atoms with E-state index in [1.807, 2.05) is 36.4 Å². The number of hydrogen-bond donors (Lipinski definition) is 0. The van der Waals surface area contributed by atoms with E-state index in [-0.39, 0.29) is 5.91 Å². The minimum atomic E-state index is -0.501. The molecule has 0 unspecified atom stereocenters. The van der Waals surface area contributed by atoms with Crippen LogP contribution < -0.4 is 0 Å². The third-order valence-electron chi connectivity index (χ3n) is 4.95. The zero-order valence-electron chi connectivity index (χ0n) is 15.7. The number of hydrogen-bond acceptors (Lipinski definition) is 2. The Balaban J connectivity index is 1.76. The number of hydrazone groups is 1. The molecule has 0 spiro atoms. The molecule has 0 bridgehead atoms. The van der Waals surface area contributed by atoms with Crippen LogP contribution in [-0.4, -0.2) is 16.6 Å². The van der Waals surface area contributed by atoms with E-state index in [1.165, 1.54) is 5.01 Å². The van der Waals surface area contributed by atoms with Gasteiger partial charge in [0.1, 0.15) is 0 Å². The smallest absolute Gasteiger partial charge is 0.250 e. The van der Waals surface area contributed by atoms with E-state index in [0.717, 1.165) is 16.8 Å². The van der Waals surface area contributed by atoms with Gasteiger partial charge >= 0.3 is 0 Å². The minimum absolute atomic E-state index is 0.142. The van der Waals surface area contributed by atoms with Crippen LogP contribution in [0.15, 0.2) is 71.8 Å². The topological polar surface area (TPSA) is 32.7 Å². The summed E-state index contributed by atoms with van der Waals surface area (Å²) in [6, 6.07) is 20.1. The molecule has 3 nitrogen and oxygen atoms in total. The molecule has 1 aliphatic heterocycles. The molecule has 152 valence electrons. The Morgan fingerprint density at radius 2 is 1.63 bits per heavy atom. The first-order valence-electron chi connectivity index (χ1n) is 9.25. The lowest BCUT2D eigenvalue weighted by Gasteiger charge is -2.30. The molecule has 4 rings (SSSR count). The summed E-state index contributed by atoms with van der Waals surface area (Å²) in [6.07, 6.45) is 0.409. The van der Waals surface area contributed by atoms with Crippen molar-refractivity contribution in [3.05, 3.63) is 104 Å². The first-order chi connectivity index (χ1) is 14.4. The summed E-state index contributed by atoms with van der Waals surface area (Å²) in [4.78, 5) is 13.4. The number of carbonyl (C=O) groups is 1. The molecule has 1 amide bonds. The van der Waals surface area contributed by atoms with Crippen molar-refractivity contribution in [3.63, 3.8) is 0 Å². The molecule has 3 aromatic rings. The van der Waals surface area contributed by atoms with Crippen molar-refractivity contribution < 1.29 is 4.79 Å². The largest absolute Gasteiger partial charge is 0.272 e. The SMILES string of the molecule is O=C1[C@H](c2cccc(Cl)c2Cl)CC(c2ccc(Cl)cc2)=NN1Cc1cccc(Cl)c1. The van der Waals surface area contributed by atoms with Crippen molar-refractivity contribution in [2.75, 3.05) is 0 Å². The zero-order chi connectivity index (χ0) is 21.3. The van der Waals surface area contributed by atoms with Gasteiger partial charge in [0.15, 0.2) is 0 Å². The lowest BCUT2D eigenvalue weighted by atomic mass is 9.88. The van der Waals surface area contributed by atoms with E-state index in [2.05, 4.69) is 5.10 Å². The van der Waals surface area contributed by atoms with Crippen molar-refractivity contribution in [2.45, 2.75) is 18.9 Å². The van der Waals surface area contributed by atoms with Crippen LogP contribution >= 0.6 is 46.4 Å². The second-order valence-electron chi connectivity index (χ2n) is 6.98. The number of halogens is 4. The molecule has 1 atom stereocenters. The van der Waals surface area contributed by atoms with Crippen molar-refractivity contribution in [1.82, 2.24) is 5.01 Å². The predicted octanol–water partition coefficient (Wildman–Crippen LogP) is 7.22. The Hall–Kier alpha value is -2.04. The minimum Gasteiger partial charge on any atom is -0.272 e. The maximum Gasteiger partial charge on any atom is 0.250 e. The van der Waals surface area contributed by atoms with Crippen LogP contribution in [0.1, 0.15) is 29.0 Å². The summed E-state index contributed by atoms with van der Waals surface area (Å²) >= 11 is 24.8. The summed E-state index contributed by atoms with van der Waals surface area (Å²) in [7, 11) is 0. The van der Waals surface area contributed by atoms with Gasteiger partial charge < -0.3 is 0 Å². The lowest BCUT2D eigenvalue weighted by molar-refractivity contribution is -0.134. The van der Waals surface area contributed by atoms with Crippen LogP contribution in [-0.2, 0) is 11.3 Å². The van der Waals surface area contributed by atoms with Crippen LogP contribution in [0.25, 0.3) is 0 Å². The monoisotopic (exact) mass is 476 g/mol. The van der Waals surface area contributed by atoms with Crippen LogP contribution in [0.5, 0.6) is 0 Å². The van der Waals surface area contributed by atoms with Gasteiger partial charge in [0.25, 0.3) is 5.91 Å². The standard InChI is InChI=1S/C23H16Cl4N2O/c24-16-9-7-15(8-10-16)21-12-19(18-5-2-6-20(26)22(18)27)23(30)29(28-21)13-14-3-1-4-17(25)11-14/h1-11,19H,12-13H2/t19-/m0/s1. The first-order valence-corrected chi connectivity index (χ1v) is 10.8. The molecule has 3 aromatic carbocycles. The number of rotatable bonds is 4. The molecule has 0 radical (unpaired) electrons. The van der Waals surface area contributed by atoms with Crippen LogP contribution in [0.3, 0.4) is 0 Å². The summed E-state index contributed by atoms with van der Waals surface area (Å²) in [6.45, 7) is 0.297. The number of carbonyl (C=O) groups excluding carboxylic acids is 1. The number of nitrogens with zero attached hydrogens (tertiary/aromatic N) is 2. The van der Waals surface area contributed by atoms with Gasteiger partial charge in [-0.05, 0) is 47.0 Å². The second kappa shape index (κ2) is 8.99. The van der Waals surface area contributed by atoms with E-state index in [9.17, 15) is 4.79 Å². The molecular weight excluding hydrogens is 462 g/mol. The molecule has 0 aliphatic carbocycles. The maximum absolute atomic E-state index is 13.4. The Morgan fingerprint density at radius 3 is 2.37 bits per heavy atom. The highest BCUT2D eigenvalue weighted by Gasteiger charge is 2.34. The second-order valence-corrected chi connectivity index (χ2v) is 8.64. The Kier molecular flexibility index (Phi) is 6.35. The van der Waals surface area contributed by atoms with Crippen molar-refractivity contribution in [2.24, 2.45) is 5.10 Å². The van der Waals surface area contributed by atoms with Crippen molar-refractivity contribution >= 4 is 58.0 Å². The van der Waals surface area contributed by atoms with Crippen molar-refractivity contribution in [1.29, 1.82) is 0 Å². The fourth-order valence-corrected chi connectivity index (χ4v) is 4.25. The molecule has 0 saturated heterocycles. The van der Waals surface area contributed by atoms with Crippen LogP contribution in [0, 0.1) is 0 Å². The number of amides is 1. The summed E-state index contributed by atoms with van der Waals surface area (Å²) in [5, 5.41) is 8.17. The Labute approximate surface area is 194 Å². The third kappa shape index (κ3) is 4.50. The molecule has 0 N–H and O–H groups in total. The van der Waals surface area contributed by atoms with E-state index in [1.54, 1.807) is 30.3 Å². The van der Waals surface area contributed by atoms with Crippen LogP contribution in [0.4, 0.5) is 0 Å². The van der Waals surface area contributed by atoms with Gasteiger partial charge in [-0.15, -0.1) is 0 Å². The molecule has 0 saturated carbocycles. The highest BCUT2D eigenvalue weighted by molar-refractivity contribution is 6.42. The van der Waals surface area contributed by atoms with E-state index in [0.29, 0.717) is 38.6 Å². The molecule has 0 aromatic heterocycles. The molecule has 7 heteroatoms.